The number of nitrogens with zero attached hydrogens (tertiary/aromatic N) is 2. The summed E-state index contributed by atoms with van der Waals surface area (Å²) in [5.41, 5.74) is 1.85. The van der Waals surface area contributed by atoms with Gasteiger partial charge in [0.15, 0.2) is 0 Å². The Hall–Kier alpha value is -2.21. The van der Waals surface area contributed by atoms with Gasteiger partial charge in [0.05, 0.1) is 11.8 Å². The Balaban J connectivity index is 1.72. The van der Waals surface area contributed by atoms with E-state index >= 15 is 0 Å². The molecule has 23 heavy (non-hydrogen) atoms. The number of ether oxygens (including phenoxy) is 1. The molecule has 0 unspecified atom stereocenters. The van der Waals surface area contributed by atoms with Crippen molar-refractivity contribution in [1.82, 2.24) is 15.1 Å². The maximum Gasteiger partial charge on any atom is 0.271 e. The Bertz CT molecular complexity index is 667. The number of benzene rings is 1. The molecular weight excluding hydrogens is 297 g/mol. The van der Waals surface area contributed by atoms with E-state index < -0.39 is 0 Å². The molecule has 0 radical (unpaired) electrons. The minimum atomic E-state index is -0.295. The number of hydrogen-bond acceptors (Lipinski definition) is 3. The van der Waals surface area contributed by atoms with Gasteiger partial charge >= 0.3 is 0 Å². The maximum atomic E-state index is 13.0. The molecule has 3 rings (SSSR count). The molecule has 0 aliphatic carbocycles. The first-order chi connectivity index (χ1) is 11.2. The lowest BCUT2D eigenvalue weighted by molar-refractivity contribution is 0.00703. The van der Waals surface area contributed by atoms with Crippen LogP contribution in [0.3, 0.4) is 0 Å². The van der Waals surface area contributed by atoms with Gasteiger partial charge in [0, 0.05) is 25.3 Å². The molecule has 5 nitrogen and oxygen atoms in total. The molecule has 1 aliphatic rings. The summed E-state index contributed by atoms with van der Waals surface area (Å²) < 4.78 is 18.6. The number of aromatic amines is 1. The van der Waals surface area contributed by atoms with Gasteiger partial charge in [0.1, 0.15) is 11.5 Å². The minimum Gasteiger partial charge on any atom is -0.377 e. The van der Waals surface area contributed by atoms with Crippen molar-refractivity contribution in [2.75, 3.05) is 19.7 Å². The molecule has 1 aromatic heterocycles. The molecule has 1 amide bonds. The second-order valence-electron chi connectivity index (χ2n) is 5.64. The van der Waals surface area contributed by atoms with Gasteiger partial charge in [0.2, 0.25) is 0 Å². The summed E-state index contributed by atoms with van der Waals surface area (Å²) in [7, 11) is 0. The summed E-state index contributed by atoms with van der Waals surface area (Å²) in [5, 5.41) is 6.95. The smallest absolute Gasteiger partial charge is 0.271 e. The number of rotatable bonds is 4. The quantitative estimate of drug-likeness (QED) is 0.943. The lowest BCUT2D eigenvalue weighted by atomic mass is 10.1. The van der Waals surface area contributed by atoms with Gasteiger partial charge in [-0.3, -0.25) is 9.89 Å². The largest absolute Gasteiger partial charge is 0.377 e. The normalized spacial score (nSPS) is 18.2. The Morgan fingerprint density at radius 2 is 2.22 bits per heavy atom. The maximum absolute atomic E-state index is 13.0. The molecule has 1 atom stereocenters. The fourth-order valence-electron chi connectivity index (χ4n) is 2.86. The highest BCUT2D eigenvalue weighted by Gasteiger charge is 2.25. The van der Waals surface area contributed by atoms with Crippen molar-refractivity contribution in [3.63, 3.8) is 0 Å². The molecule has 6 heteroatoms. The molecule has 1 aromatic carbocycles. The highest BCUT2D eigenvalue weighted by molar-refractivity contribution is 5.93. The number of nitrogens with one attached hydrogen (secondary N) is 1. The zero-order chi connectivity index (χ0) is 16.2. The molecule has 122 valence electrons. The van der Waals surface area contributed by atoms with Gasteiger partial charge in [-0.15, -0.1) is 0 Å². The molecule has 1 fully saturated rings. The van der Waals surface area contributed by atoms with Crippen LogP contribution in [0, 0.1) is 5.82 Å². The lowest BCUT2D eigenvalue weighted by Gasteiger charge is -2.32. The molecule has 1 saturated heterocycles. The van der Waals surface area contributed by atoms with Crippen LogP contribution in [0.5, 0.6) is 0 Å². The topological polar surface area (TPSA) is 58.2 Å². The number of carbonyl (C=O) groups excluding carboxylic acids is 1. The van der Waals surface area contributed by atoms with E-state index in [0.29, 0.717) is 24.5 Å². The van der Waals surface area contributed by atoms with E-state index in [1.807, 2.05) is 6.92 Å². The van der Waals surface area contributed by atoms with Crippen molar-refractivity contribution >= 4 is 5.91 Å². The third kappa shape index (κ3) is 3.59. The summed E-state index contributed by atoms with van der Waals surface area (Å²) in [5.74, 6) is -0.369. The number of H-pyrrole nitrogens is 1. The summed E-state index contributed by atoms with van der Waals surface area (Å²) >= 11 is 0. The molecule has 2 aromatic rings. The molecule has 1 N–H and O–H groups in total. The van der Waals surface area contributed by atoms with Crippen LogP contribution in [0.1, 0.15) is 30.3 Å². The first-order valence-corrected chi connectivity index (χ1v) is 7.89. The zero-order valence-corrected chi connectivity index (χ0v) is 13.1. The number of halogens is 1. The summed E-state index contributed by atoms with van der Waals surface area (Å²) in [6.45, 7) is 3.96. The van der Waals surface area contributed by atoms with Crippen molar-refractivity contribution in [2.45, 2.75) is 25.9 Å². The van der Waals surface area contributed by atoms with Gasteiger partial charge < -0.3 is 9.64 Å². The molecular formula is C17H20FN3O2. The van der Waals surface area contributed by atoms with Crippen molar-refractivity contribution in [3.05, 3.63) is 41.8 Å². The van der Waals surface area contributed by atoms with E-state index in [-0.39, 0.29) is 17.8 Å². The Labute approximate surface area is 134 Å². The van der Waals surface area contributed by atoms with Gasteiger partial charge in [-0.05, 0) is 50.1 Å². The van der Waals surface area contributed by atoms with Crippen LogP contribution >= 0.6 is 0 Å². The fourth-order valence-corrected chi connectivity index (χ4v) is 2.86. The van der Waals surface area contributed by atoms with E-state index in [1.54, 1.807) is 23.1 Å². The predicted octanol–water partition coefficient (Wildman–Crippen LogP) is 2.86. The van der Waals surface area contributed by atoms with E-state index in [9.17, 15) is 9.18 Å². The molecule has 2 heterocycles. The number of piperidine rings is 1. The van der Waals surface area contributed by atoms with Crippen molar-refractivity contribution < 1.29 is 13.9 Å². The van der Waals surface area contributed by atoms with Crippen LogP contribution in [0.4, 0.5) is 4.39 Å². The number of aromatic nitrogens is 2. The van der Waals surface area contributed by atoms with Crippen LogP contribution in [0.15, 0.2) is 30.3 Å². The molecule has 0 bridgehead atoms. The highest BCUT2D eigenvalue weighted by atomic mass is 19.1. The monoisotopic (exact) mass is 317 g/mol. The summed E-state index contributed by atoms with van der Waals surface area (Å²) in [6.07, 6.45) is 2.04. The second-order valence-corrected chi connectivity index (χ2v) is 5.64. The summed E-state index contributed by atoms with van der Waals surface area (Å²) in [4.78, 5) is 14.4. The van der Waals surface area contributed by atoms with Gasteiger partial charge in [-0.25, -0.2) is 4.39 Å². The number of likely N-dealkylation sites (tertiary alicyclic amines) is 1. The third-order valence-corrected chi connectivity index (χ3v) is 4.02. The average molecular weight is 317 g/mol. The van der Waals surface area contributed by atoms with Crippen LogP contribution < -0.4 is 0 Å². The number of carbonyl (C=O) groups is 1. The van der Waals surface area contributed by atoms with Crippen LogP contribution in [0.25, 0.3) is 11.3 Å². The molecule has 1 aliphatic heterocycles. The predicted molar refractivity (Wildman–Crippen MR) is 84.5 cm³/mol. The Kier molecular flexibility index (Phi) is 4.71. The number of hydrogen-bond donors (Lipinski definition) is 1. The Morgan fingerprint density at radius 1 is 1.43 bits per heavy atom. The van der Waals surface area contributed by atoms with Gasteiger partial charge in [-0.1, -0.05) is 0 Å². The van der Waals surface area contributed by atoms with Crippen LogP contribution in [-0.4, -0.2) is 46.8 Å². The van der Waals surface area contributed by atoms with Crippen molar-refractivity contribution in [2.24, 2.45) is 0 Å². The van der Waals surface area contributed by atoms with Crippen molar-refractivity contribution in [1.29, 1.82) is 0 Å². The first kappa shape index (κ1) is 15.7. The highest BCUT2D eigenvalue weighted by Crippen LogP contribution is 2.20. The molecule has 0 saturated carbocycles. The van der Waals surface area contributed by atoms with Crippen molar-refractivity contribution in [3.8, 4) is 11.3 Å². The third-order valence-electron chi connectivity index (χ3n) is 4.02. The molecule has 0 spiro atoms. The first-order valence-electron chi connectivity index (χ1n) is 7.89. The minimum absolute atomic E-state index is 0.0738. The van der Waals surface area contributed by atoms with E-state index in [0.717, 1.165) is 24.9 Å². The number of amides is 1. The lowest BCUT2D eigenvalue weighted by Crippen LogP contribution is -2.43. The fraction of sp³-hybridized carbons (Fsp3) is 0.412. The van der Waals surface area contributed by atoms with E-state index in [2.05, 4.69) is 10.2 Å². The SMILES string of the molecule is CCO[C@H]1CCCN(C(=O)c2cc(-c3ccc(F)cc3)n[nH]2)C1. The second kappa shape index (κ2) is 6.91. The Morgan fingerprint density at radius 3 is 2.96 bits per heavy atom. The average Bonchev–Trinajstić information content (AvgIpc) is 3.05. The van der Waals surface area contributed by atoms with Crippen LogP contribution in [-0.2, 0) is 4.74 Å². The standard InChI is InChI=1S/C17H20FN3O2/c1-2-23-14-4-3-9-21(11-14)17(22)16-10-15(19-20-16)12-5-7-13(18)8-6-12/h5-8,10,14H,2-4,9,11H2,1H3,(H,19,20)/t14-/m0/s1. The van der Waals surface area contributed by atoms with E-state index in [1.165, 1.54) is 12.1 Å². The van der Waals surface area contributed by atoms with Gasteiger partial charge in [0.25, 0.3) is 5.91 Å². The van der Waals surface area contributed by atoms with Gasteiger partial charge in [-0.2, -0.15) is 5.10 Å². The zero-order valence-electron chi connectivity index (χ0n) is 13.1. The van der Waals surface area contributed by atoms with Crippen LogP contribution in [0.2, 0.25) is 0 Å². The van der Waals surface area contributed by atoms with E-state index in [4.69, 9.17) is 4.74 Å². The summed E-state index contributed by atoms with van der Waals surface area (Å²) in [6, 6.07) is 7.75.